The molecule has 0 radical (unpaired) electrons. The van der Waals surface area contributed by atoms with Gasteiger partial charge in [0.2, 0.25) is 10.0 Å². The first kappa shape index (κ1) is 23.6. The topological polar surface area (TPSA) is 84.0 Å². The normalized spacial score (nSPS) is 12.4. The zero-order valence-electron chi connectivity index (χ0n) is 17.7. The third-order valence-electron chi connectivity index (χ3n) is 5.00. The fourth-order valence-corrected chi connectivity index (χ4v) is 4.48. The molecule has 0 heterocycles. The predicted octanol–water partition coefficient (Wildman–Crippen LogP) is 3.09. The number of carbonyl (C=O) groups excluding carboxylic acids is 2. The number of benzene rings is 2. The van der Waals surface area contributed by atoms with Crippen molar-refractivity contribution in [1.29, 1.82) is 0 Å². The molecular weight excluding hydrogens is 404 g/mol. The van der Waals surface area contributed by atoms with Gasteiger partial charge in [-0.15, -0.1) is 0 Å². The largest absolute Gasteiger partial charge is 0.452 e. The monoisotopic (exact) mass is 432 g/mol. The van der Waals surface area contributed by atoms with Crippen LogP contribution in [-0.4, -0.2) is 56.2 Å². The van der Waals surface area contributed by atoms with E-state index >= 15 is 0 Å². The van der Waals surface area contributed by atoms with Crippen molar-refractivity contribution in [3.63, 3.8) is 0 Å². The van der Waals surface area contributed by atoms with Crippen LogP contribution in [0.5, 0.6) is 0 Å². The third-order valence-corrected chi connectivity index (χ3v) is 7.04. The fourth-order valence-electron chi connectivity index (χ4n) is 2.98. The van der Waals surface area contributed by atoms with Crippen LogP contribution in [0, 0.1) is 0 Å². The molecule has 30 heavy (non-hydrogen) atoms. The Kier molecular flexibility index (Phi) is 8.14. The van der Waals surface area contributed by atoms with Gasteiger partial charge in [-0.3, -0.25) is 4.79 Å². The summed E-state index contributed by atoms with van der Waals surface area (Å²) < 4.78 is 31.7. The van der Waals surface area contributed by atoms with Gasteiger partial charge in [0.05, 0.1) is 16.5 Å². The van der Waals surface area contributed by atoms with Gasteiger partial charge in [0, 0.05) is 20.1 Å². The molecule has 7 nitrogen and oxygen atoms in total. The second-order valence-electron chi connectivity index (χ2n) is 6.78. The smallest absolute Gasteiger partial charge is 0.338 e. The lowest BCUT2D eigenvalue weighted by Crippen LogP contribution is -2.33. The quantitative estimate of drug-likeness (QED) is 0.569. The second kappa shape index (κ2) is 10.4. The molecule has 0 fully saturated rings. The van der Waals surface area contributed by atoms with Crippen molar-refractivity contribution in [3.8, 4) is 0 Å². The van der Waals surface area contributed by atoms with E-state index in [-0.39, 0.29) is 22.4 Å². The third kappa shape index (κ3) is 5.46. The molecule has 8 heteroatoms. The molecule has 0 saturated heterocycles. The summed E-state index contributed by atoms with van der Waals surface area (Å²) in [6, 6.07) is 15.0. The molecule has 1 amide bonds. The van der Waals surface area contributed by atoms with E-state index in [2.05, 4.69) is 0 Å². The minimum atomic E-state index is -3.69. The molecule has 0 aromatic heterocycles. The lowest BCUT2D eigenvalue weighted by Gasteiger charge is -2.25. The number of sulfonamides is 1. The Balaban J connectivity index is 2.05. The van der Waals surface area contributed by atoms with Crippen molar-refractivity contribution < 1.29 is 22.7 Å². The highest BCUT2D eigenvalue weighted by atomic mass is 32.2. The number of rotatable bonds is 9. The highest BCUT2D eigenvalue weighted by Crippen LogP contribution is 2.19. The lowest BCUT2D eigenvalue weighted by atomic mass is 10.1. The van der Waals surface area contributed by atoms with Crippen LogP contribution in [0.4, 0.5) is 0 Å². The van der Waals surface area contributed by atoms with Gasteiger partial charge >= 0.3 is 5.97 Å². The number of likely N-dealkylation sites (N-methyl/N-ethyl adjacent to an activating group) is 1. The first-order valence-electron chi connectivity index (χ1n) is 9.80. The zero-order chi connectivity index (χ0) is 22.3. The molecule has 2 aromatic rings. The van der Waals surface area contributed by atoms with E-state index in [0.717, 1.165) is 5.56 Å². The molecule has 162 valence electrons. The number of amides is 1. The molecule has 2 rings (SSSR count). The molecule has 0 N–H and O–H groups in total. The lowest BCUT2D eigenvalue weighted by molar-refractivity contribution is -0.135. The van der Waals surface area contributed by atoms with E-state index in [4.69, 9.17) is 4.74 Å². The van der Waals surface area contributed by atoms with Crippen LogP contribution in [0.25, 0.3) is 0 Å². The summed E-state index contributed by atoms with van der Waals surface area (Å²) in [4.78, 5) is 26.4. The highest BCUT2D eigenvalue weighted by molar-refractivity contribution is 7.89. The number of nitrogens with zero attached hydrogens (tertiary/aromatic N) is 2. The van der Waals surface area contributed by atoms with Gasteiger partial charge in [0.15, 0.2) is 6.61 Å². The number of ether oxygens (including phenoxy) is 1. The molecule has 0 bridgehead atoms. The predicted molar refractivity (Wildman–Crippen MR) is 114 cm³/mol. The van der Waals surface area contributed by atoms with E-state index in [1.165, 1.54) is 33.5 Å². The van der Waals surface area contributed by atoms with Crippen LogP contribution >= 0.6 is 0 Å². The van der Waals surface area contributed by atoms with E-state index in [0.29, 0.717) is 13.1 Å². The average Bonchev–Trinajstić information content (AvgIpc) is 2.77. The Morgan fingerprint density at radius 2 is 1.63 bits per heavy atom. The van der Waals surface area contributed by atoms with E-state index < -0.39 is 22.6 Å². The highest BCUT2D eigenvalue weighted by Gasteiger charge is 2.23. The van der Waals surface area contributed by atoms with Crippen molar-refractivity contribution in [2.24, 2.45) is 0 Å². The maximum Gasteiger partial charge on any atom is 0.338 e. The van der Waals surface area contributed by atoms with Gasteiger partial charge in [-0.2, -0.15) is 4.31 Å². The summed E-state index contributed by atoms with van der Waals surface area (Å²) in [6.07, 6.45) is 0. The molecule has 0 aliphatic heterocycles. The minimum Gasteiger partial charge on any atom is -0.452 e. The van der Waals surface area contributed by atoms with Crippen molar-refractivity contribution >= 4 is 21.9 Å². The van der Waals surface area contributed by atoms with Crippen molar-refractivity contribution in [2.75, 3.05) is 26.7 Å². The van der Waals surface area contributed by atoms with E-state index in [1.54, 1.807) is 20.9 Å². The van der Waals surface area contributed by atoms with Crippen LogP contribution in [0.3, 0.4) is 0 Å². The van der Waals surface area contributed by atoms with Gasteiger partial charge in [-0.05, 0) is 30.7 Å². The first-order chi connectivity index (χ1) is 14.2. The van der Waals surface area contributed by atoms with Crippen LogP contribution in [0.2, 0.25) is 0 Å². The Morgan fingerprint density at radius 3 is 2.23 bits per heavy atom. The second-order valence-corrected chi connectivity index (χ2v) is 8.72. The van der Waals surface area contributed by atoms with Crippen molar-refractivity contribution in [1.82, 2.24) is 9.21 Å². The minimum absolute atomic E-state index is 0.0156. The average molecular weight is 433 g/mol. The van der Waals surface area contributed by atoms with E-state index in [1.807, 2.05) is 37.3 Å². The Labute approximate surface area is 178 Å². The van der Waals surface area contributed by atoms with Gasteiger partial charge in [-0.25, -0.2) is 13.2 Å². The van der Waals surface area contributed by atoms with Gasteiger partial charge < -0.3 is 9.64 Å². The van der Waals surface area contributed by atoms with Crippen LogP contribution in [0.15, 0.2) is 59.5 Å². The van der Waals surface area contributed by atoms with Crippen LogP contribution < -0.4 is 0 Å². The Bertz CT molecular complexity index is 972. The maximum atomic E-state index is 12.6. The first-order valence-corrected chi connectivity index (χ1v) is 11.2. The summed E-state index contributed by atoms with van der Waals surface area (Å²) in [5.74, 6) is -1.10. The molecule has 2 aromatic carbocycles. The molecule has 0 saturated carbocycles. The van der Waals surface area contributed by atoms with Gasteiger partial charge in [0.1, 0.15) is 0 Å². The van der Waals surface area contributed by atoms with E-state index in [9.17, 15) is 18.0 Å². The standard InChI is InChI=1S/C22H28N2O5S/c1-5-24(6-2)30(27,28)20-14-10-13-19(15-20)22(26)29-16-21(25)23(4)17(3)18-11-8-7-9-12-18/h7-15,17H,5-6,16H2,1-4H3. The SMILES string of the molecule is CCN(CC)S(=O)(=O)c1cccc(C(=O)OCC(=O)N(C)C(C)c2ccccc2)c1. The van der Waals surface area contributed by atoms with Crippen molar-refractivity contribution in [2.45, 2.75) is 31.7 Å². The number of hydrogen-bond acceptors (Lipinski definition) is 5. The van der Waals surface area contributed by atoms with Crippen molar-refractivity contribution in [3.05, 3.63) is 65.7 Å². The van der Waals surface area contributed by atoms with Crippen LogP contribution in [-0.2, 0) is 19.6 Å². The molecular formula is C22H28N2O5S. The Hall–Kier alpha value is -2.71. The Morgan fingerprint density at radius 1 is 1.00 bits per heavy atom. The fraction of sp³-hybridized carbons (Fsp3) is 0.364. The summed E-state index contributed by atoms with van der Waals surface area (Å²) in [6.45, 7) is 5.60. The number of hydrogen-bond donors (Lipinski definition) is 0. The molecule has 0 aliphatic carbocycles. The summed E-state index contributed by atoms with van der Waals surface area (Å²) in [7, 11) is -2.05. The molecule has 0 spiro atoms. The van der Waals surface area contributed by atoms with Gasteiger partial charge in [-0.1, -0.05) is 50.2 Å². The summed E-state index contributed by atoms with van der Waals surface area (Å²) in [5.41, 5.74) is 1.05. The number of esters is 1. The molecule has 1 atom stereocenters. The summed E-state index contributed by atoms with van der Waals surface area (Å²) in [5, 5.41) is 0. The van der Waals surface area contributed by atoms with Gasteiger partial charge in [0.25, 0.3) is 5.91 Å². The molecule has 1 unspecified atom stereocenters. The summed E-state index contributed by atoms with van der Waals surface area (Å²) >= 11 is 0. The maximum absolute atomic E-state index is 12.6. The zero-order valence-corrected chi connectivity index (χ0v) is 18.6. The number of carbonyl (C=O) groups is 2. The molecule has 0 aliphatic rings. The van der Waals surface area contributed by atoms with Crippen LogP contribution in [0.1, 0.15) is 42.7 Å².